The van der Waals surface area contributed by atoms with E-state index in [1.54, 1.807) is 19.1 Å². The first-order valence-electron chi connectivity index (χ1n) is 10.2. The van der Waals surface area contributed by atoms with E-state index in [2.05, 4.69) is 23.8 Å². The fourth-order valence-electron chi connectivity index (χ4n) is 2.65. The van der Waals surface area contributed by atoms with Crippen molar-refractivity contribution in [3.05, 3.63) is 75.3 Å². The lowest BCUT2D eigenvalue weighted by Crippen LogP contribution is -2.05. The number of anilines is 2. The summed E-state index contributed by atoms with van der Waals surface area (Å²) in [4.78, 5) is 26.1. The molecule has 1 aliphatic heterocycles. The number of thiazole rings is 1. The van der Waals surface area contributed by atoms with E-state index in [1.165, 1.54) is 17.8 Å². The van der Waals surface area contributed by atoms with Crippen LogP contribution in [0.15, 0.2) is 59.2 Å². The van der Waals surface area contributed by atoms with Gasteiger partial charge in [0, 0.05) is 16.3 Å². The lowest BCUT2D eigenvalue weighted by molar-refractivity contribution is -0.0980. The Labute approximate surface area is 199 Å². The molecule has 32 heavy (non-hydrogen) atoms. The van der Waals surface area contributed by atoms with E-state index in [0.29, 0.717) is 32.4 Å². The predicted molar refractivity (Wildman–Crippen MR) is 135 cm³/mol. The number of nitrogens with one attached hydrogen (secondary N) is 1. The van der Waals surface area contributed by atoms with Crippen molar-refractivity contribution in [2.24, 2.45) is 0 Å². The summed E-state index contributed by atoms with van der Waals surface area (Å²) in [5.74, 6) is -0.132. The molecule has 172 valence electrons. The Morgan fingerprint density at radius 1 is 1.38 bits per heavy atom. The molecule has 0 radical (unpaired) electrons. The lowest BCUT2D eigenvalue weighted by Gasteiger charge is -2.07. The quantitative estimate of drug-likeness (QED) is 0.203. The second-order valence-corrected chi connectivity index (χ2v) is 8.43. The van der Waals surface area contributed by atoms with Gasteiger partial charge in [0.15, 0.2) is 5.13 Å². The highest BCUT2D eigenvalue weighted by molar-refractivity contribution is 7.17. The number of nitrogens with zero attached hydrogens (tertiary/aromatic N) is 1. The van der Waals surface area contributed by atoms with Crippen molar-refractivity contribution in [3.63, 3.8) is 0 Å². The Hall–Kier alpha value is -2.54. The third kappa shape index (κ3) is 8.19. The minimum Gasteiger partial charge on any atom is -0.373 e. The topological polar surface area (TPSA) is 71.6 Å². The average molecular weight is 475 g/mol. The van der Waals surface area contributed by atoms with Crippen molar-refractivity contribution < 1.29 is 14.3 Å². The van der Waals surface area contributed by atoms with Gasteiger partial charge in [0.05, 0.1) is 23.3 Å². The maximum absolute atomic E-state index is 13.0. The number of hydrogen-bond donors (Lipinski definition) is 1. The molecule has 1 unspecified atom stereocenters. The summed E-state index contributed by atoms with van der Waals surface area (Å²) in [6, 6.07) is 8.00. The molecule has 1 saturated heterocycles. The first-order chi connectivity index (χ1) is 15.3. The monoisotopic (exact) mass is 474 g/mol. The van der Waals surface area contributed by atoms with Gasteiger partial charge >= 0.3 is 0 Å². The molecule has 7 heteroatoms. The number of carbonyl (C=O) groups excluding carboxylic acids is 2. The van der Waals surface area contributed by atoms with Gasteiger partial charge in [-0.1, -0.05) is 60.7 Å². The third-order valence-electron chi connectivity index (χ3n) is 4.55. The molecule has 2 heterocycles. The molecule has 3 rings (SSSR count). The first-order valence-corrected chi connectivity index (χ1v) is 11.4. The first kappa shape index (κ1) is 27.5. The number of ketones is 1. The highest BCUT2D eigenvalue weighted by Gasteiger charge is 2.22. The van der Waals surface area contributed by atoms with Crippen LogP contribution in [-0.4, -0.2) is 30.3 Å². The predicted octanol–water partition coefficient (Wildman–Crippen LogP) is 6.94. The van der Waals surface area contributed by atoms with Crippen LogP contribution in [0.1, 0.15) is 48.1 Å². The summed E-state index contributed by atoms with van der Waals surface area (Å²) < 4.78 is 4.86. The zero-order valence-electron chi connectivity index (χ0n) is 19.3. The normalized spacial score (nSPS) is 15.3. The number of rotatable bonds is 7. The van der Waals surface area contributed by atoms with Crippen molar-refractivity contribution in [1.29, 1.82) is 0 Å². The Morgan fingerprint density at radius 3 is 2.50 bits per heavy atom. The standard InChI is InChI=1S/C20H21ClN2OS.C4H8O.CH2O/c1-6-13(4)17(16(21)7-2)18(24)19-14(5)22-20(25-19)23-15-10-8-9-12(3)11-15;1-2-4-3-5-4;1-2/h6-11H,1H2,2-5H3,(H,22,23);4H,2-3H2,1H3;1H2/b16-7+,17-13+;;. The average Bonchev–Trinajstić information content (AvgIpc) is 3.57. The van der Waals surface area contributed by atoms with Crippen LogP contribution in [-0.2, 0) is 9.53 Å². The number of halogens is 1. The van der Waals surface area contributed by atoms with Crippen molar-refractivity contribution in [3.8, 4) is 0 Å². The molecule has 1 aliphatic rings. The summed E-state index contributed by atoms with van der Waals surface area (Å²) in [6.07, 6.45) is 5.18. The highest BCUT2D eigenvalue weighted by Crippen LogP contribution is 2.31. The van der Waals surface area contributed by atoms with Gasteiger partial charge in [0.1, 0.15) is 6.79 Å². The summed E-state index contributed by atoms with van der Waals surface area (Å²) in [6.45, 7) is 16.4. The van der Waals surface area contributed by atoms with E-state index in [4.69, 9.17) is 21.1 Å². The highest BCUT2D eigenvalue weighted by atomic mass is 35.5. The van der Waals surface area contributed by atoms with Crippen molar-refractivity contribution in [2.45, 2.75) is 47.1 Å². The van der Waals surface area contributed by atoms with E-state index in [-0.39, 0.29) is 5.78 Å². The van der Waals surface area contributed by atoms with Crippen LogP contribution in [0.4, 0.5) is 10.8 Å². The second-order valence-electron chi connectivity index (χ2n) is 7.02. The van der Waals surface area contributed by atoms with E-state index < -0.39 is 0 Å². The number of ether oxygens (including phenoxy) is 1. The molecule has 1 atom stereocenters. The van der Waals surface area contributed by atoms with Gasteiger partial charge in [-0.25, -0.2) is 4.98 Å². The van der Waals surface area contributed by atoms with E-state index in [1.807, 2.05) is 51.8 Å². The van der Waals surface area contributed by atoms with Gasteiger partial charge in [0.2, 0.25) is 5.78 Å². The minimum atomic E-state index is -0.132. The molecular formula is C25H31ClN2O3S. The molecule has 1 fully saturated rings. The Bertz CT molecular complexity index is 991. The number of Topliss-reactive ketones (excluding diaryl/α,β-unsaturated/α-hetero) is 1. The minimum absolute atomic E-state index is 0.132. The molecule has 1 aromatic heterocycles. The number of benzene rings is 1. The SMILES string of the molecule is C=C/C(C)=C(C(=O)c1sc(Nc2cccc(C)c2)nc1C)\C(Cl)=C/C.C=O.CCC1CO1. The van der Waals surface area contributed by atoms with Crippen LogP contribution in [0.3, 0.4) is 0 Å². The van der Waals surface area contributed by atoms with Crippen LogP contribution in [0.5, 0.6) is 0 Å². The lowest BCUT2D eigenvalue weighted by atomic mass is 10.0. The van der Waals surface area contributed by atoms with Gasteiger partial charge in [-0.2, -0.15) is 0 Å². The van der Waals surface area contributed by atoms with Gasteiger partial charge in [0.25, 0.3) is 0 Å². The van der Waals surface area contributed by atoms with E-state index >= 15 is 0 Å². The summed E-state index contributed by atoms with van der Waals surface area (Å²) in [5, 5.41) is 4.36. The number of epoxide rings is 1. The number of aromatic nitrogens is 1. The molecular weight excluding hydrogens is 444 g/mol. The molecule has 1 aromatic carbocycles. The van der Waals surface area contributed by atoms with Crippen molar-refractivity contribution >= 4 is 46.3 Å². The van der Waals surface area contributed by atoms with Crippen molar-refractivity contribution in [2.75, 3.05) is 11.9 Å². The maximum atomic E-state index is 13.0. The zero-order chi connectivity index (χ0) is 24.3. The zero-order valence-corrected chi connectivity index (χ0v) is 20.9. The summed E-state index contributed by atoms with van der Waals surface area (Å²) >= 11 is 7.59. The summed E-state index contributed by atoms with van der Waals surface area (Å²) in [5.41, 5.74) is 3.99. The number of allylic oxidation sites excluding steroid dienone is 5. The van der Waals surface area contributed by atoms with Crippen molar-refractivity contribution in [1.82, 2.24) is 4.98 Å². The van der Waals surface area contributed by atoms with Crippen LogP contribution in [0.2, 0.25) is 0 Å². The maximum Gasteiger partial charge on any atom is 0.206 e. The fraction of sp³-hybridized carbons (Fsp3) is 0.320. The number of carbonyl (C=O) groups is 2. The van der Waals surface area contributed by atoms with Crippen LogP contribution in [0.25, 0.3) is 0 Å². The smallest absolute Gasteiger partial charge is 0.206 e. The van der Waals surface area contributed by atoms with E-state index in [9.17, 15) is 4.79 Å². The van der Waals surface area contributed by atoms with Gasteiger partial charge in [-0.3, -0.25) is 4.79 Å². The van der Waals surface area contributed by atoms with Crippen LogP contribution in [0, 0.1) is 13.8 Å². The van der Waals surface area contributed by atoms with Gasteiger partial charge < -0.3 is 14.8 Å². The largest absolute Gasteiger partial charge is 0.373 e. The molecule has 0 bridgehead atoms. The number of hydrogen-bond acceptors (Lipinski definition) is 6. The molecule has 2 aromatic rings. The van der Waals surface area contributed by atoms with Gasteiger partial charge in [-0.05, 0) is 57.4 Å². The van der Waals surface area contributed by atoms with Gasteiger partial charge in [-0.15, -0.1) is 0 Å². The summed E-state index contributed by atoms with van der Waals surface area (Å²) in [7, 11) is 0. The molecule has 0 amide bonds. The fourth-order valence-corrected chi connectivity index (χ4v) is 3.81. The van der Waals surface area contributed by atoms with Crippen LogP contribution < -0.4 is 5.32 Å². The van der Waals surface area contributed by atoms with E-state index in [0.717, 1.165) is 23.4 Å². The molecule has 5 nitrogen and oxygen atoms in total. The van der Waals surface area contributed by atoms with Crippen LogP contribution >= 0.6 is 22.9 Å². The molecule has 0 saturated carbocycles. The Kier molecular flexibility index (Phi) is 11.8. The second kappa shape index (κ2) is 13.8. The Morgan fingerprint density at radius 2 is 2.03 bits per heavy atom. The Balaban J connectivity index is 0.000000629. The third-order valence-corrected chi connectivity index (χ3v) is 6.03. The number of aryl methyl sites for hydroxylation is 2. The molecule has 0 spiro atoms. The molecule has 1 N–H and O–H groups in total. The molecule has 0 aliphatic carbocycles.